The lowest BCUT2D eigenvalue weighted by molar-refractivity contribution is 0.157. The van der Waals surface area contributed by atoms with E-state index in [1.54, 1.807) is 0 Å². The van der Waals surface area contributed by atoms with Crippen LogP contribution < -0.4 is 0 Å². The lowest BCUT2D eigenvalue weighted by Gasteiger charge is -2.31. The van der Waals surface area contributed by atoms with E-state index in [1.807, 2.05) is 0 Å². The fraction of sp³-hybridized carbons (Fsp3) is 1.00. The molecule has 0 saturated carbocycles. The summed E-state index contributed by atoms with van der Waals surface area (Å²) in [6, 6.07) is 0. The molecule has 1 aliphatic heterocycles. The van der Waals surface area contributed by atoms with E-state index >= 15 is 0 Å². The van der Waals surface area contributed by atoms with Crippen molar-refractivity contribution in [1.82, 2.24) is 4.90 Å². The highest BCUT2D eigenvalue weighted by atomic mass is 16.3. The van der Waals surface area contributed by atoms with E-state index in [1.165, 1.54) is 6.42 Å². The maximum absolute atomic E-state index is 9.56. The number of rotatable bonds is 3. The van der Waals surface area contributed by atoms with Crippen molar-refractivity contribution in [3.05, 3.63) is 0 Å². The minimum Gasteiger partial charge on any atom is -0.392 e. The number of nitrogens with zero attached hydrogens (tertiary/aromatic N) is 1. The molecule has 0 spiro atoms. The first-order valence-corrected chi connectivity index (χ1v) is 5.35. The van der Waals surface area contributed by atoms with Crippen LogP contribution in [0.1, 0.15) is 40.5 Å². The summed E-state index contributed by atoms with van der Waals surface area (Å²) in [5, 5.41) is 9.56. The topological polar surface area (TPSA) is 23.5 Å². The van der Waals surface area contributed by atoms with Gasteiger partial charge in [-0.3, -0.25) is 4.90 Å². The van der Waals surface area contributed by atoms with Crippen molar-refractivity contribution >= 4 is 0 Å². The van der Waals surface area contributed by atoms with Gasteiger partial charge in [0.1, 0.15) is 0 Å². The van der Waals surface area contributed by atoms with Crippen LogP contribution in [0.2, 0.25) is 0 Å². The molecule has 0 amide bonds. The van der Waals surface area contributed by atoms with Gasteiger partial charge in [0.05, 0.1) is 6.10 Å². The largest absolute Gasteiger partial charge is 0.392 e. The molecule has 0 aromatic heterocycles. The Morgan fingerprint density at radius 2 is 2.08 bits per heavy atom. The number of β-amino-alcohol motifs (C(OH)–C–C–N with tert-alkyl or cyclic N) is 1. The monoisotopic (exact) mass is 185 g/mol. The first-order valence-electron chi connectivity index (χ1n) is 5.35. The second kappa shape index (κ2) is 3.97. The van der Waals surface area contributed by atoms with Crippen LogP contribution in [0.25, 0.3) is 0 Å². The fourth-order valence-corrected chi connectivity index (χ4v) is 2.08. The van der Waals surface area contributed by atoms with Gasteiger partial charge in [-0.1, -0.05) is 13.8 Å². The molecule has 0 aromatic carbocycles. The summed E-state index contributed by atoms with van der Waals surface area (Å²) < 4.78 is 0. The zero-order valence-electron chi connectivity index (χ0n) is 9.38. The minimum absolute atomic E-state index is 0.109. The van der Waals surface area contributed by atoms with E-state index in [4.69, 9.17) is 0 Å². The fourth-order valence-electron chi connectivity index (χ4n) is 2.08. The van der Waals surface area contributed by atoms with E-state index in [0.717, 1.165) is 25.4 Å². The molecule has 0 aromatic rings. The highest BCUT2D eigenvalue weighted by molar-refractivity contribution is 4.92. The van der Waals surface area contributed by atoms with Crippen LogP contribution in [0, 0.1) is 5.92 Å². The van der Waals surface area contributed by atoms with Crippen LogP contribution in [0.5, 0.6) is 0 Å². The Morgan fingerprint density at radius 1 is 1.46 bits per heavy atom. The maximum atomic E-state index is 9.56. The smallest absolute Gasteiger partial charge is 0.0684 e. The normalized spacial score (nSPS) is 28.6. The average molecular weight is 185 g/mol. The number of hydrogen-bond donors (Lipinski definition) is 1. The Bertz CT molecular complexity index is 165. The Kier molecular flexibility index (Phi) is 3.36. The van der Waals surface area contributed by atoms with E-state index in [0.29, 0.717) is 0 Å². The molecule has 0 bridgehead atoms. The van der Waals surface area contributed by atoms with Crippen molar-refractivity contribution in [2.24, 2.45) is 5.92 Å². The number of aliphatic hydroxyl groups is 1. The molecule has 1 atom stereocenters. The summed E-state index contributed by atoms with van der Waals surface area (Å²) in [6.07, 6.45) is 2.04. The van der Waals surface area contributed by atoms with Crippen LogP contribution in [0.4, 0.5) is 0 Å². The molecule has 78 valence electrons. The van der Waals surface area contributed by atoms with Crippen molar-refractivity contribution in [2.75, 3.05) is 13.1 Å². The molecule has 2 heteroatoms. The van der Waals surface area contributed by atoms with Gasteiger partial charge in [0.25, 0.3) is 0 Å². The van der Waals surface area contributed by atoms with Crippen molar-refractivity contribution < 1.29 is 5.11 Å². The first-order chi connectivity index (χ1) is 5.92. The van der Waals surface area contributed by atoms with Crippen molar-refractivity contribution in [2.45, 2.75) is 52.2 Å². The molecule has 1 heterocycles. The lowest BCUT2D eigenvalue weighted by atomic mass is 10.0. The molecule has 0 aliphatic carbocycles. The van der Waals surface area contributed by atoms with Crippen molar-refractivity contribution in [3.8, 4) is 0 Å². The molecule has 0 radical (unpaired) electrons. The Hall–Kier alpha value is -0.0800. The molecular formula is C11H23NO. The summed E-state index contributed by atoms with van der Waals surface area (Å²) in [5.74, 6) is 0.758. The van der Waals surface area contributed by atoms with Crippen LogP contribution in [0.15, 0.2) is 0 Å². The third kappa shape index (κ3) is 2.96. The van der Waals surface area contributed by atoms with Gasteiger partial charge in [-0.2, -0.15) is 0 Å². The van der Waals surface area contributed by atoms with E-state index in [9.17, 15) is 5.11 Å². The van der Waals surface area contributed by atoms with Crippen molar-refractivity contribution in [3.63, 3.8) is 0 Å². The van der Waals surface area contributed by atoms with E-state index < -0.39 is 0 Å². The molecule has 1 N–H and O–H groups in total. The zero-order chi connectivity index (χ0) is 10.1. The van der Waals surface area contributed by atoms with Gasteiger partial charge in [-0.05, 0) is 39.2 Å². The Morgan fingerprint density at radius 3 is 2.46 bits per heavy atom. The van der Waals surface area contributed by atoms with Crippen LogP contribution in [0.3, 0.4) is 0 Å². The standard InChI is InChI=1S/C11H23NO/c1-9(2)5-6-12-8-10(13)7-11(12,3)4/h9-10,13H,5-8H2,1-4H3. The second-order valence-electron chi connectivity index (χ2n) is 5.30. The van der Waals surface area contributed by atoms with Crippen molar-refractivity contribution in [1.29, 1.82) is 0 Å². The van der Waals surface area contributed by atoms with Gasteiger partial charge in [-0.15, -0.1) is 0 Å². The van der Waals surface area contributed by atoms with Gasteiger partial charge in [0.2, 0.25) is 0 Å². The van der Waals surface area contributed by atoms with Gasteiger partial charge in [0.15, 0.2) is 0 Å². The number of aliphatic hydroxyl groups excluding tert-OH is 1. The summed E-state index contributed by atoms with van der Waals surface area (Å²) >= 11 is 0. The number of likely N-dealkylation sites (tertiary alicyclic amines) is 1. The summed E-state index contributed by atoms with van der Waals surface area (Å²) in [6.45, 7) is 10.9. The molecule has 13 heavy (non-hydrogen) atoms. The molecule has 1 rings (SSSR count). The first kappa shape index (κ1) is 11.0. The predicted octanol–water partition coefficient (Wildman–Crippen LogP) is 1.88. The van der Waals surface area contributed by atoms with Gasteiger partial charge in [0, 0.05) is 12.1 Å². The lowest BCUT2D eigenvalue weighted by Crippen LogP contribution is -2.39. The molecule has 1 fully saturated rings. The molecule has 2 nitrogen and oxygen atoms in total. The number of hydrogen-bond acceptors (Lipinski definition) is 2. The Balaban J connectivity index is 2.41. The molecule has 1 aliphatic rings. The minimum atomic E-state index is -0.109. The van der Waals surface area contributed by atoms with Gasteiger partial charge >= 0.3 is 0 Å². The maximum Gasteiger partial charge on any atom is 0.0684 e. The third-order valence-corrected chi connectivity index (χ3v) is 3.00. The van der Waals surface area contributed by atoms with Crippen LogP contribution >= 0.6 is 0 Å². The highest BCUT2D eigenvalue weighted by Crippen LogP contribution is 2.28. The van der Waals surface area contributed by atoms with E-state index in [-0.39, 0.29) is 11.6 Å². The summed E-state index contributed by atoms with van der Waals surface area (Å²) in [5.41, 5.74) is 0.203. The molecule has 1 saturated heterocycles. The quantitative estimate of drug-likeness (QED) is 0.725. The molecule has 1 unspecified atom stereocenters. The van der Waals surface area contributed by atoms with Gasteiger partial charge < -0.3 is 5.11 Å². The average Bonchev–Trinajstić information content (AvgIpc) is 2.19. The summed E-state index contributed by atoms with van der Waals surface area (Å²) in [7, 11) is 0. The second-order valence-corrected chi connectivity index (χ2v) is 5.30. The summed E-state index contributed by atoms with van der Waals surface area (Å²) in [4.78, 5) is 2.41. The predicted molar refractivity (Wildman–Crippen MR) is 55.7 cm³/mol. The zero-order valence-corrected chi connectivity index (χ0v) is 9.38. The highest BCUT2D eigenvalue weighted by Gasteiger charge is 2.36. The SMILES string of the molecule is CC(C)CCN1CC(O)CC1(C)C. The van der Waals surface area contributed by atoms with E-state index in [2.05, 4.69) is 32.6 Å². The van der Waals surface area contributed by atoms with Gasteiger partial charge in [-0.25, -0.2) is 0 Å². The Labute approximate surface area is 81.9 Å². The molecular weight excluding hydrogens is 162 g/mol. The van der Waals surface area contributed by atoms with Crippen LogP contribution in [-0.4, -0.2) is 34.7 Å². The third-order valence-electron chi connectivity index (χ3n) is 3.00. The van der Waals surface area contributed by atoms with Crippen LogP contribution in [-0.2, 0) is 0 Å².